The smallest absolute Gasteiger partial charge is 0.336 e. The third-order valence-electron chi connectivity index (χ3n) is 4.35. The minimum atomic E-state index is -2.99. The van der Waals surface area contributed by atoms with Crippen molar-refractivity contribution in [1.82, 2.24) is 4.98 Å². The van der Waals surface area contributed by atoms with E-state index in [-0.39, 0.29) is 11.3 Å². The Kier molecular flexibility index (Phi) is 6.59. The molecule has 0 spiro atoms. The van der Waals surface area contributed by atoms with E-state index in [2.05, 4.69) is 15.3 Å². The monoisotopic (exact) mass is 433 g/mol. The molecule has 3 N–H and O–H groups in total. The average molecular weight is 433 g/mol. The number of hydrogen-bond acceptors (Lipinski definition) is 6. The summed E-state index contributed by atoms with van der Waals surface area (Å²) in [6, 6.07) is 8.19. The van der Waals surface area contributed by atoms with Gasteiger partial charge in [0.1, 0.15) is 29.4 Å². The van der Waals surface area contributed by atoms with Gasteiger partial charge in [-0.05, 0) is 49.2 Å². The van der Waals surface area contributed by atoms with Gasteiger partial charge in [0.25, 0.3) is 11.9 Å². The van der Waals surface area contributed by atoms with Crippen LogP contribution in [-0.2, 0) is 4.74 Å². The molecule has 1 aliphatic rings. The van der Waals surface area contributed by atoms with Gasteiger partial charge in [0.05, 0.1) is 6.20 Å². The molecule has 11 heteroatoms. The second-order valence-corrected chi connectivity index (χ2v) is 6.70. The molecule has 8 nitrogen and oxygen atoms in total. The molecule has 0 aliphatic heterocycles. The lowest BCUT2D eigenvalue weighted by atomic mass is 10.1. The van der Waals surface area contributed by atoms with Gasteiger partial charge in [-0.1, -0.05) is 0 Å². The van der Waals surface area contributed by atoms with E-state index in [1.165, 1.54) is 36.5 Å². The summed E-state index contributed by atoms with van der Waals surface area (Å²) in [7, 11) is 0. The summed E-state index contributed by atoms with van der Waals surface area (Å²) in [5.74, 6) is -1.12. The van der Waals surface area contributed by atoms with Gasteiger partial charge >= 0.3 is 6.55 Å². The molecule has 31 heavy (non-hydrogen) atoms. The lowest BCUT2D eigenvalue weighted by Gasteiger charge is -2.10. The lowest BCUT2D eigenvalue weighted by molar-refractivity contribution is 0.102. The molecule has 0 radical (unpaired) electrons. The Balaban J connectivity index is 1.64. The van der Waals surface area contributed by atoms with E-state index in [4.69, 9.17) is 20.5 Å². The first-order chi connectivity index (χ1) is 14.8. The van der Waals surface area contributed by atoms with Crippen LogP contribution in [0.25, 0.3) is 0 Å². The van der Waals surface area contributed by atoms with Crippen molar-refractivity contribution in [2.45, 2.75) is 38.0 Å². The van der Waals surface area contributed by atoms with Crippen molar-refractivity contribution in [3.05, 3.63) is 53.6 Å². The summed E-state index contributed by atoms with van der Waals surface area (Å²) in [6.45, 7) is -1.42. The number of benzene rings is 1. The zero-order valence-corrected chi connectivity index (χ0v) is 16.3. The number of rotatable bonds is 7. The number of aromatic nitrogens is 1. The maximum atomic E-state index is 14.2. The van der Waals surface area contributed by atoms with Crippen LogP contribution in [0.3, 0.4) is 0 Å². The van der Waals surface area contributed by atoms with Gasteiger partial charge < -0.3 is 20.5 Å². The number of amidine groups is 1. The van der Waals surface area contributed by atoms with Crippen LogP contribution >= 0.6 is 0 Å². The summed E-state index contributed by atoms with van der Waals surface area (Å²) >= 11 is 0. The highest BCUT2D eigenvalue weighted by molar-refractivity contribution is 6.02. The maximum absolute atomic E-state index is 14.2. The van der Waals surface area contributed by atoms with Crippen molar-refractivity contribution >= 4 is 17.6 Å². The number of amides is 1. The van der Waals surface area contributed by atoms with Gasteiger partial charge in [-0.2, -0.15) is 19.0 Å². The van der Waals surface area contributed by atoms with E-state index in [1.807, 2.05) is 6.07 Å². The van der Waals surface area contributed by atoms with Crippen molar-refractivity contribution in [3.8, 4) is 11.8 Å². The summed E-state index contributed by atoms with van der Waals surface area (Å²) < 4.78 is 48.9. The third-order valence-corrected chi connectivity index (χ3v) is 4.35. The number of aliphatic imine (C=N–C) groups is 1. The molecular formula is C20H18F3N5O3. The SMILES string of the molecule is C[C@H](C#N)Oc1ccc(C(=O)Nc2ccc(F)c([C@H]3C[C@H]3O/C(N)=N\C(F)F)c2)nc1. The highest BCUT2D eigenvalue weighted by atomic mass is 19.3. The van der Waals surface area contributed by atoms with Crippen molar-refractivity contribution < 1.29 is 27.4 Å². The minimum absolute atomic E-state index is 0.0893. The van der Waals surface area contributed by atoms with Gasteiger partial charge in [0.15, 0.2) is 6.10 Å². The third kappa shape index (κ3) is 5.85. The lowest BCUT2D eigenvalue weighted by Crippen LogP contribution is -2.19. The quantitative estimate of drug-likeness (QED) is 0.393. The summed E-state index contributed by atoms with van der Waals surface area (Å²) in [5, 5.41) is 11.4. The molecule has 1 amide bonds. The Hall–Kier alpha value is -3.81. The van der Waals surface area contributed by atoms with Gasteiger partial charge in [-0.15, -0.1) is 0 Å². The number of pyridine rings is 1. The second-order valence-electron chi connectivity index (χ2n) is 6.70. The summed E-state index contributed by atoms with van der Waals surface area (Å²) in [6.07, 6.45) is 0.452. The number of halogens is 3. The number of nitriles is 1. The van der Waals surface area contributed by atoms with Crippen LogP contribution in [0.5, 0.6) is 5.75 Å². The predicted molar refractivity (Wildman–Crippen MR) is 104 cm³/mol. The molecule has 1 saturated carbocycles. The van der Waals surface area contributed by atoms with Gasteiger partial charge in [-0.25, -0.2) is 9.37 Å². The number of carbonyl (C=O) groups is 1. The first-order valence-corrected chi connectivity index (χ1v) is 9.18. The fourth-order valence-corrected chi connectivity index (χ4v) is 2.83. The highest BCUT2D eigenvalue weighted by Crippen LogP contribution is 2.45. The van der Waals surface area contributed by atoms with Gasteiger partial charge in [-0.3, -0.25) is 4.79 Å². The van der Waals surface area contributed by atoms with Crippen LogP contribution in [0.1, 0.15) is 35.3 Å². The zero-order valence-electron chi connectivity index (χ0n) is 16.3. The van der Waals surface area contributed by atoms with Gasteiger partial charge in [0, 0.05) is 11.6 Å². The Morgan fingerprint density at radius 3 is 2.81 bits per heavy atom. The number of hydrogen-bond donors (Lipinski definition) is 2. The summed E-state index contributed by atoms with van der Waals surface area (Å²) in [4.78, 5) is 19.2. The molecule has 0 unspecified atom stereocenters. The fraction of sp³-hybridized carbons (Fsp3) is 0.300. The van der Waals surface area contributed by atoms with Crippen molar-refractivity contribution in [2.75, 3.05) is 5.32 Å². The van der Waals surface area contributed by atoms with Crippen molar-refractivity contribution in [2.24, 2.45) is 10.7 Å². The molecule has 3 atom stereocenters. The molecule has 1 heterocycles. The number of anilines is 1. The topological polar surface area (TPSA) is 123 Å². The number of ether oxygens (including phenoxy) is 2. The number of carbonyl (C=O) groups excluding carboxylic acids is 1. The van der Waals surface area contributed by atoms with Crippen molar-refractivity contribution in [1.29, 1.82) is 5.26 Å². The van der Waals surface area contributed by atoms with Crippen molar-refractivity contribution in [3.63, 3.8) is 0 Å². The first kappa shape index (κ1) is 21.9. The molecule has 1 aliphatic carbocycles. The Morgan fingerprint density at radius 2 is 2.16 bits per heavy atom. The van der Waals surface area contributed by atoms with E-state index in [0.717, 1.165) is 0 Å². The Morgan fingerprint density at radius 1 is 1.39 bits per heavy atom. The largest absolute Gasteiger partial charge is 0.474 e. The van der Waals surface area contributed by atoms with E-state index >= 15 is 0 Å². The van der Waals surface area contributed by atoms with Gasteiger partial charge in [0.2, 0.25) is 0 Å². The Labute approximate surface area is 175 Å². The number of nitrogens with two attached hydrogens (primary N) is 1. The molecule has 2 aromatic rings. The standard InChI is InChI=1S/C20H18F3N5O3/c1-10(8-24)30-12-3-5-16(26-9-12)18(29)27-11-2-4-15(21)13(6-11)14-7-17(14)31-20(25)28-19(22)23/h2-6,9-10,14,17,19H,7H2,1H3,(H2,25,28)(H,27,29)/t10-,14-,17-/m1/s1. The molecule has 3 rings (SSSR count). The van der Waals surface area contributed by atoms with Crippen LogP contribution < -0.4 is 15.8 Å². The molecule has 1 aromatic heterocycles. The fourth-order valence-electron chi connectivity index (χ4n) is 2.83. The normalized spacial score (nSPS) is 18.8. The molecular weight excluding hydrogens is 415 g/mol. The molecule has 0 bridgehead atoms. The average Bonchev–Trinajstić information content (AvgIpc) is 3.47. The van der Waals surface area contributed by atoms with E-state index in [0.29, 0.717) is 17.9 Å². The van der Waals surface area contributed by atoms with Crippen LogP contribution in [0.4, 0.5) is 18.9 Å². The molecule has 0 saturated heterocycles. The van der Waals surface area contributed by atoms with E-state index < -0.39 is 42.4 Å². The van der Waals surface area contributed by atoms with Crippen LogP contribution in [0.15, 0.2) is 41.5 Å². The number of alkyl halides is 2. The number of nitrogens with zero attached hydrogens (tertiary/aromatic N) is 3. The maximum Gasteiger partial charge on any atom is 0.336 e. The zero-order chi connectivity index (χ0) is 22.5. The second kappa shape index (κ2) is 9.34. The number of nitrogens with one attached hydrogen (secondary N) is 1. The van der Waals surface area contributed by atoms with Crippen LogP contribution in [-0.4, -0.2) is 35.7 Å². The molecule has 1 fully saturated rings. The van der Waals surface area contributed by atoms with E-state index in [9.17, 15) is 18.0 Å². The molecule has 1 aromatic carbocycles. The predicted octanol–water partition coefficient (Wildman–Crippen LogP) is 3.17. The minimum Gasteiger partial charge on any atom is -0.474 e. The highest BCUT2D eigenvalue weighted by Gasteiger charge is 2.43. The van der Waals surface area contributed by atoms with E-state index in [1.54, 1.807) is 6.92 Å². The van der Waals surface area contributed by atoms with Crippen LogP contribution in [0, 0.1) is 17.1 Å². The summed E-state index contributed by atoms with van der Waals surface area (Å²) in [5.41, 5.74) is 5.93. The molecule has 162 valence electrons. The van der Waals surface area contributed by atoms with Crippen LogP contribution in [0.2, 0.25) is 0 Å². The Bertz CT molecular complexity index is 1020. The first-order valence-electron chi connectivity index (χ1n) is 9.18.